The molecule has 0 radical (unpaired) electrons. The Kier molecular flexibility index (Phi) is 7.83. The topological polar surface area (TPSA) is 84.0 Å². The van der Waals surface area contributed by atoms with Crippen molar-refractivity contribution in [3.63, 3.8) is 0 Å². The van der Waals surface area contributed by atoms with Gasteiger partial charge in [0.15, 0.2) is 0 Å². The molecule has 184 valence electrons. The van der Waals surface area contributed by atoms with Crippen LogP contribution in [0.3, 0.4) is 0 Å². The normalized spacial score (nSPS) is 16.6. The van der Waals surface area contributed by atoms with E-state index in [2.05, 4.69) is 20.8 Å². The summed E-state index contributed by atoms with van der Waals surface area (Å²) in [5.41, 5.74) is 1.61. The Morgan fingerprint density at radius 1 is 0.971 bits per heavy atom. The number of piperidine rings is 1. The van der Waals surface area contributed by atoms with Gasteiger partial charge in [-0.2, -0.15) is 4.31 Å². The molecule has 0 N–H and O–H groups in total. The highest BCUT2D eigenvalue weighted by Gasteiger charge is 2.35. The minimum atomic E-state index is -3.64. The summed E-state index contributed by atoms with van der Waals surface area (Å²) in [7, 11) is -0.415. The van der Waals surface area contributed by atoms with Crippen molar-refractivity contribution in [1.82, 2.24) is 9.21 Å². The second-order valence-corrected chi connectivity index (χ2v) is 11.9. The fourth-order valence-electron chi connectivity index (χ4n) is 3.94. The summed E-state index contributed by atoms with van der Waals surface area (Å²) in [5, 5.41) is 0. The lowest BCUT2D eigenvalue weighted by Gasteiger charge is -2.31. The number of amides is 1. The second-order valence-electron chi connectivity index (χ2n) is 9.91. The second kappa shape index (κ2) is 10.3. The van der Waals surface area contributed by atoms with Gasteiger partial charge in [0.25, 0.3) is 5.91 Å². The maximum absolute atomic E-state index is 13.1. The number of carbonyl (C=O) groups excluding carboxylic acids is 2. The van der Waals surface area contributed by atoms with Crippen LogP contribution in [0.15, 0.2) is 59.5 Å². The quantitative estimate of drug-likeness (QED) is 0.581. The van der Waals surface area contributed by atoms with Gasteiger partial charge in [0.2, 0.25) is 16.1 Å². The number of benzene rings is 2. The van der Waals surface area contributed by atoms with E-state index in [4.69, 9.17) is 4.74 Å². The molecule has 7 nitrogen and oxygen atoms in total. The zero-order chi connectivity index (χ0) is 25.1. The maximum Gasteiger partial charge on any atom is 0.310 e. The van der Waals surface area contributed by atoms with Gasteiger partial charge >= 0.3 is 5.97 Å². The van der Waals surface area contributed by atoms with Crippen LogP contribution in [-0.2, 0) is 29.8 Å². The van der Waals surface area contributed by atoms with Crippen molar-refractivity contribution < 1.29 is 22.7 Å². The maximum atomic E-state index is 13.1. The molecule has 1 atom stereocenters. The van der Waals surface area contributed by atoms with Crippen molar-refractivity contribution in [2.45, 2.75) is 50.0 Å². The molecule has 1 amide bonds. The van der Waals surface area contributed by atoms with E-state index in [1.165, 1.54) is 9.21 Å². The lowest BCUT2D eigenvalue weighted by molar-refractivity contribution is -0.164. The smallest absolute Gasteiger partial charge is 0.310 e. The van der Waals surface area contributed by atoms with Crippen molar-refractivity contribution in [1.29, 1.82) is 0 Å². The molecular formula is C26H34N2O5S. The number of carbonyl (C=O) groups is 2. The lowest BCUT2D eigenvalue weighted by atomic mass is 9.87. The predicted molar refractivity (Wildman–Crippen MR) is 131 cm³/mol. The molecule has 0 bridgehead atoms. The Hall–Kier alpha value is -2.71. The summed E-state index contributed by atoms with van der Waals surface area (Å²) >= 11 is 0. The van der Waals surface area contributed by atoms with Crippen LogP contribution in [0.2, 0.25) is 0 Å². The van der Waals surface area contributed by atoms with Crippen molar-refractivity contribution in [3.05, 3.63) is 65.7 Å². The standard InChI is InChI=1S/C26H34N2O5S/c1-26(2,3)21-11-13-22(14-12-21)34(31,32)28-17-15-20(16-18-28)25(30)33-23(24(29)27(4)5)19-9-7-6-8-10-19/h6-14,20,23H,15-18H2,1-5H3. The molecule has 0 saturated carbocycles. The lowest BCUT2D eigenvalue weighted by Crippen LogP contribution is -2.41. The van der Waals surface area contributed by atoms with Gasteiger partial charge in [0.05, 0.1) is 10.8 Å². The Morgan fingerprint density at radius 2 is 1.53 bits per heavy atom. The molecule has 1 heterocycles. The summed E-state index contributed by atoms with van der Waals surface area (Å²) < 4.78 is 33.3. The fourth-order valence-corrected chi connectivity index (χ4v) is 5.41. The average molecular weight is 487 g/mol. The summed E-state index contributed by atoms with van der Waals surface area (Å²) in [6, 6.07) is 15.9. The molecule has 0 spiro atoms. The Balaban J connectivity index is 1.66. The number of hydrogen-bond acceptors (Lipinski definition) is 5. The van der Waals surface area contributed by atoms with Crippen molar-refractivity contribution in [3.8, 4) is 0 Å². The number of nitrogens with zero attached hydrogens (tertiary/aromatic N) is 2. The van der Waals surface area contributed by atoms with Gasteiger partial charge in [-0.3, -0.25) is 9.59 Å². The average Bonchev–Trinajstić information content (AvgIpc) is 2.82. The Bertz CT molecular complexity index is 1100. The van der Waals surface area contributed by atoms with E-state index in [0.29, 0.717) is 18.4 Å². The third kappa shape index (κ3) is 5.85. The number of rotatable bonds is 6. The predicted octanol–water partition coefficient (Wildman–Crippen LogP) is 3.76. The Labute approximate surface area is 202 Å². The number of esters is 1. The molecule has 1 unspecified atom stereocenters. The molecule has 1 aliphatic heterocycles. The minimum Gasteiger partial charge on any atom is -0.447 e. The number of ether oxygens (including phenoxy) is 1. The number of likely N-dealkylation sites (N-methyl/N-ethyl adjacent to an activating group) is 1. The summed E-state index contributed by atoms with van der Waals surface area (Å²) in [5.74, 6) is -1.26. The fraction of sp³-hybridized carbons (Fsp3) is 0.462. The molecule has 3 rings (SSSR count). The SMILES string of the molecule is CN(C)C(=O)C(OC(=O)C1CCN(S(=O)(=O)c2ccc(C(C)(C)C)cc2)CC1)c1ccccc1. The molecule has 1 saturated heterocycles. The monoisotopic (exact) mass is 486 g/mol. The highest BCUT2D eigenvalue weighted by Crippen LogP contribution is 2.29. The largest absolute Gasteiger partial charge is 0.447 e. The van der Waals surface area contributed by atoms with Crippen LogP contribution in [0.25, 0.3) is 0 Å². The molecule has 1 fully saturated rings. The highest BCUT2D eigenvalue weighted by atomic mass is 32.2. The summed E-state index contributed by atoms with van der Waals surface area (Å²) in [6.07, 6.45) is -0.335. The van der Waals surface area contributed by atoms with Gasteiger partial charge in [-0.25, -0.2) is 8.42 Å². The zero-order valence-electron chi connectivity index (χ0n) is 20.5. The first-order chi connectivity index (χ1) is 15.9. The van der Waals surface area contributed by atoms with Gasteiger partial charge < -0.3 is 9.64 Å². The van der Waals surface area contributed by atoms with Crippen LogP contribution < -0.4 is 0 Å². The summed E-state index contributed by atoms with van der Waals surface area (Å²) in [4.78, 5) is 27.2. The van der Waals surface area contributed by atoms with E-state index in [1.54, 1.807) is 50.5 Å². The van der Waals surface area contributed by atoms with E-state index in [1.807, 2.05) is 18.2 Å². The van der Waals surface area contributed by atoms with Crippen LogP contribution in [-0.4, -0.2) is 56.7 Å². The van der Waals surface area contributed by atoms with Gasteiger partial charge in [0.1, 0.15) is 0 Å². The highest BCUT2D eigenvalue weighted by molar-refractivity contribution is 7.89. The van der Waals surface area contributed by atoms with E-state index in [-0.39, 0.29) is 29.3 Å². The molecule has 1 aliphatic rings. The van der Waals surface area contributed by atoms with E-state index >= 15 is 0 Å². The van der Waals surface area contributed by atoms with Gasteiger partial charge in [0, 0.05) is 32.7 Å². The van der Waals surface area contributed by atoms with Gasteiger partial charge in [-0.05, 0) is 36.0 Å². The number of hydrogen-bond donors (Lipinski definition) is 0. The van der Waals surface area contributed by atoms with Crippen LogP contribution in [0.4, 0.5) is 0 Å². The first kappa shape index (κ1) is 25.9. The van der Waals surface area contributed by atoms with Crippen molar-refractivity contribution >= 4 is 21.9 Å². The van der Waals surface area contributed by atoms with E-state index in [0.717, 1.165) is 5.56 Å². The molecule has 0 aromatic heterocycles. The number of sulfonamides is 1. The van der Waals surface area contributed by atoms with Gasteiger partial charge in [-0.15, -0.1) is 0 Å². The van der Waals surface area contributed by atoms with Crippen LogP contribution in [0.5, 0.6) is 0 Å². The van der Waals surface area contributed by atoms with Crippen LogP contribution >= 0.6 is 0 Å². The molecule has 0 aliphatic carbocycles. The van der Waals surface area contributed by atoms with Crippen LogP contribution in [0.1, 0.15) is 50.8 Å². The first-order valence-corrected chi connectivity index (χ1v) is 12.9. The van der Waals surface area contributed by atoms with Crippen molar-refractivity contribution in [2.24, 2.45) is 5.92 Å². The third-order valence-corrected chi connectivity index (χ3v) is 8.06. The third-order valence-electron chi connectivity index (χ3n) is 6.15. The van der Waals surface area contributed by atoms with E-state index < -0.39 is 28.0 Å². The Morgan fingerprint density at radius 3 is 2.03 bits per heavy atom. The molecule has 34 heavy (non-hydrogen) atoms. The zero-order valence-corrected chi connectivity index (χ0v) is 21.3. The van der Waals surface area contributed by atoms with Crippen LogP contribution in [0, 0.1) is 5.92 Å². The van der Waals surface area contributed by atoms with E-state index in [9.17, 15) is 18.0 Å². The minimum absolute atomic E-state index is 0.0629. The molecule has 2 aromatic carbocycles. The van der Waals surface area contributed by atoms with Crippen molar-refractivity contribution in [2.75, 3.05) is 27.2 Å². The molecule has 8 heteroatoms. The molecular weight excluding hydrogens is 452 g/mol. The summed E-state index contributed by atoms with van der Waals surface area (Å²) in [6.45, 7) is 6.68. The van der Waals surface area contributed by atoms with Gasteiger partial charge in [-0.1, -0.05) is 63.2 Å². The molecule has 2 aromatic rings. The first-order valence-electron chi connectivity index (χ1n) is 11.5.